The fraction of sp³-hybridized carbons (Fsp3) is 0.333. The number of fused-ring (bicyclic) bond motifs is 3. The number of rotatable bonds is 4. The second-order valence-electron chi connectivity index (χ2n) is 7.15. The third-order valence-electron chi connectivity index (χ3n) is 5.65. The van der Waals surface area contributed by atoms with Crippen molar-refractivity contribution < 1.29 is 15.0 Å². The molecular formula is C21H23N3O4. The van der Waals surface area contributed by atoms with Crippen molar-refractivity contribution in [1.29, 1.82) is 0 Å². The highest BCUT2D eigenvalue weighted by molar-refractivity contribution is 5.93. The summed E-state index contributed by atoms with van der Waals surface area (Å²) < 4.78 is 0. The number of pyridine rings is 1. The second kappa shape index (κ2) is 6.83. The lowest BCUT2D eigenvalue weighted by molar-refractivity contribution is 0.0691. The molecule has 1 aliphatic rings. The summed E-state index contributed by atoms with van der Waals surface area (Å²) in [6.45, 7) is 6.93. The number of benzene rings is 1. The zero-order chi connectivity index (χ0) is 20.0. The van der Waals surface area contributed by atoms with Gasteiger partial charge < -0.3 is 20.2 Å². The van der Waals surface area contributed by atoms with Crippen LogP contribution in [-0.4, -0.2) is 44.1 Å². The van der Waals surface area contributed by atoms with Gasteiger partial charge >= 0.3 is 5.97 Å². The number of hydrogen-bond donors (Lipinski definition) is 4. The monoisotopic (exact) mass is 381 g/mol. The summed E-state index contributed by atoms with van der Waals surface area (Å²) in [5, 5.41) is 20.7. The molecule has 28 heavy (non-hydrogen) atoms. The Morgan fingerprint density at radius 2 is 2.04 bits per heavy atom. The van der Waals surface area contributed by atoms with Gasteiger partial charge in [-0.05, 0) is 24.6 Å². The number of carbonyl (C=O) groups is 1. The lowest BCUT2D eigenvalue weighted by atomic mass is 9.98. The smallest absolute Gasteiger partial charge is 0.345 e. The summed E-state index contributed by atoms with van der Waals surface area (Å²) in [5.74, 6) is -1.90. The first kappa shape index (κ1) is 18.3. The highest BCUT2D eigenvalue weighted by Crippen LogP contribution is 2.34. The number of carboxylic acid groups (broad SMARTS) is 1. The van der Waals surface area contributed by atoms with Crippen LogP contribution in [-0.2, 0) is 19.4 Å². The number of nitrogens with zero attached hydrogens (tertiary/aromatic N) is 1. The summed E-state index contributed by atoms with van der Waals surface area (Å²) in [7, 11) is 0. The van der Waals surface area contributed by atoms with Crippen LogP contribution in [0.15, 0.2) is 23.0 Å². The van der Waals surface area contributed by atoms with Gasteiger partial charge in [-0.25, -0.2) is 4.79 Å². The number of aromatic hydroxyl groups is 1. The van der Waals surface area contributed by atoms with Gasteiger partial charge in [0.1, 0.15) is 5.75 Å². The van der Waals surface area contributed by atoms with E-state index >= 15 is 0 Å². The third kappa shape index (κ3) is 2.79. The van der Waals surface area contributed by atoms with Crippen LogP contribution < -0.4 is 5.56 Å². The number of nitrogens with one attached hydrogen (secondary N) is 2. The lowest BCUT2D eigenvalue weighted by Gasteiger charge is -2.25. The van der Waals surface area contributed by atoms with Gasteiger partial charge in [-0.2, -0.15) is 0 Å². The maximum atomic E-state index is 12.2. The Balaban J connectivity index is 1.87. The molecule has 0 saturated heterocycles. The van der Waals surface area contributed by atoms with Crippen LogP contribution in [0, 0.1) is 0 Å². The Kier molecular flexibility index (Phi) is 4.47. The van der Waals surface area contributed by atoms with Crippen molar-refractivity contribution in [3.63, 3.8) is 0 Å². The van der Waals surface area contributed by atoms with Crippen LogP contribution in [0.1, 0.15) is 41.0 Å². The van der Waals surface area contributed by atoms with Crippen molar-refractivity contribution in [3.05, 3.63) is 50.9 Å². The molecule has 0 bridgehead atoms. The van der Waals surface area contributed by atoms with Gasteiger partial charge in [-0.1, -0.05) is 26.0 Å². The predicted molar refractivity (Wildman–Crippen MR) is 107 cm³/mol. The van der Waals surface area contributed by atoms with Crippen LogP contribution in [0.3, 0.4) is 0 Å². The summed E-state index contributed by atoms with van der Waals surface area (Å²) in [6.07, 6.45) is 1.36. The summed E-state index contributed by atoms with van der Waals surface area (Å²) in [4.78, 5) is 32.1. The van der Waals surface area contributed by atoms with Gasteiger partial charge in [0.25, 0.3) is 5.56 Å². The SMILES string of the molecule is CCc1c(-c2ccc3c4c([nH]c3c2)CCN(CC)C4)[nH]c(=O)c(C(=O)O)c1O. The average molecular weight is 381 g/mol. The van der Waals surface area contributed by atoms with Gasteiger partial charge in [-0.3, -0.25) is 9.69 Å². The lowest BCUT2D eigenvalue weighted by Crippen LogP contribution is -2.29. The minimum Gasteiger partial charge on any atom is -0.506 e. The topological polar surface area (TPSA) is 109 Å². The number of aromatic carboxylic acids is 1. The van der Waals surface area contributed by atoms with Crippen molar-refractivity contribution in [2.24, 2.45) is 0 Å². The quantitative estimate of drug-likeness (QED) is 0.556. The van der Waals surface area contributed by atoms with E-state index in [1.54, 1.807) is 0 Å². The standard InChI is InChI=1S/C21H23N3O4/c1-3-12-18(23-20(26)17(19(12)25)21(27)28)11-5-6-13-14-10-24(4-2)8-7-15(14)22-16(13)9-11/h5-6,9,22H,3-4,7-8,10H2,1-2H3,(H,27,28)(H2,23,25,26). The van der Waals surface area contributed by atoms with E-state index in [2.05, 4.69) is 21.8 Å². The first-order valence-electron chi connectivity index (χ1n) is 9.52. The Bertz CT molecular complexity index is 1140. The summed E-state index contributed by atoms with van der Waals surface area (Å²) >= 11 is 0. The van der Waals surface area contributed by atoms with Crippen molar-refractivity contribution in [2.75, 3.05) is 13.1 Å². The molecule has 0 amide bonds. The zero-order valence-corrected chi connectivity index (χ0v) is 15.9. The molecule has 0 unspecified atom stereocenters. The van der Waals surface area contributed by atoms with Gasteiger partial charge in [0, 0.05) is 47.2 Å². The summed E-state index contributed by atoms with van der Waals surface area (Å²) in [5.41, 5.74) is 3.72. The number of aromatic nitrogens is 2. The van der Waals surface area contributed by atoms with Crippen molar-refractivity contribution in [3.8, 4) is 17.0 Å². The largest absolute Gasteiger partial charge is 0.506 e. The number of hydrogen-bond acceptors (Lipinski definition) is 4. The van der Waals surface area contributed by atoms with Crippen LogP contribution in [0.5, 0.6) is 5.75 Å². The Labute approximate surface area is 161 Å². The molecule has 0 radical (unpaired) electrons. The minimum absolute atomic E-state index is 0.392. The molecule has 2 aromatic heterocycles. The molecule has 0 atom stereocenters. The molecule has 4 rings (SSSR count). The van der Waals surface area contributed by atoms with Gasteiger partial charge in [-0.15, -0.1) is 0 Å². The van der Waals surface area contributed by atoms with Crippen LogP contribution in [0.2, 0.25) is 0 Å². The maximum Gasteiger partial charge on any atom is 0.345 e. The van der Waals surface area contributed by atoms with Gasteiger partial charge in [0.05, 0.1) is 5.69 Å². The number of H-pyrrole nitrogens is 2. The van der Waals surface area contributed by atoms with Crippen LogP contribution in [0.25, 0.3) is 22.2 Å². The van der Waals surface area contributed by atoms with E-state index in [9.17, 15) is 19.8 Å². The summed E-state index contributed by atoms with van der Waals surface area (Å²) in [6, 6.07) is 5.89. The van der Waals surface area contributed by atoms with E-state index in [1.807, 2.05) is 25.1 Å². The van der Waals surface area contributed by atoms with E-state index < -0.39 is 22.8 Å². The minimum atomic E-state index is -1.44. The third-order valence-corrected chi connectivity index (χ3v) is 5.65. The second-order valence-corrected chi connectivity index (χ2v) is 7.15. The maximum absolute atomic E-state index is 12.2. The fourth-order valence-electron chi connectivity index (χ4n) is 4.12. The first-order valence-corrected chi connectivity index (χ1v) is 9.52. The van der Waals surface area contributed by atoms with Crippen molar-refractivity contribution in [1.82, 2.24) is 14.9 Å². The average Bonchev–Trinajstić information content (AvgIpc) is 3.04. The molecule has 1 aromatic carbocycles. The van der Waals surface area contributed by atoms with Crippen molar-refractivity contribution in [2.45, 2.75) is 33.2 Å². The Morgan fingerprint density at radius 1 is 1.25 bits per heavy atom. The van der Waals surface area contributed by atoms with Crippen LogP contribution in [0.4, 0.5) is 0 Å². The molecule has 0 saturated carbocycles. The highest BCUT2D eigenvalue weighted by Gasteiger charge is 2.23. The molecule has 0 fully saturated rings. The zero-order valence-electron chi connectivity index (χ0n) is 15.9. The van der Waals surface area contributed by atoms with E-state index in [0.29, 0.717) is 17.7 Å². The van der Waals surface area contributed by atoms with E-state index in [-0.39, 0.29) is 0 Å². The molecule has 3 heterocycles. The molecule has 0 spiro atoms. The Hall–Kier alpha value is -3.06. The molecule has 7 heteroatoms. The molecule has 146 valence electrons. The molecular weight excluding hydrogens is 358 g/mol. The van der Waals surface area contributed by atoms with Crippen LogP contribution >= 0.6 is 0 Å². The molecule has 4 N–H and O–H groups in total. The number of likely N-dealkylation sites (N-methyl/N-ethyl adjacent to an activating group) is 1. The number of carboxylic acids is 1. The number of aromatic amines is 2. The van der Waals surface area contributed by atoms with Gasteiger partial charge in [0.2, 0.25) is 0 Å². The highest BCUT2D eigenvalue weighted by atomic mass is 16.4. The first-order chi connectivity index (χ1) is 13.4. The van der Waals surface area contributed by atoms with E-state index in [4.69, 9.17) is 0 Å². The van der Waals surface area contributed by atoms with E-state index in [1.165, 1.54) is 11.3 Å². The molecule has 1 aliphatic heterocycles. The molecule has 3 aromatic rings. The van der Waals surface area contributed by atoms with Crippen molar-refractivity contribution >= 4 is 16.9 Å². The predicted octanol–water partition coefficient (Wildman–Crippen LogP) is 2.87. The van der Waals surface area contributed by atoms with E-state index in [0.717, 1.165) is 42.5 Å². The Morgan fingerprint density at radius 3 is 2.71 bits per heavy atom. The molecule has 0 aliphatic carbocycles. The molecule has 7 nitrogen and oxygen atoms in total. The normalized spacial score (nSPS) is 14.4. The van der Waals surface area contributed by atoms with Gasteiger partial charge in [0.15, 0.2) is 5.56 Å². The fourth-order valence-corrected chi connectivity index (χ4v) is 4.12.